The molecular weight excluding hydrogens is 328 g/mol. The molecule has 2 N–H and O–H groups in total. The molecule has 0 aliphatic heterocycles. The maximum atomic E-state index is 11.6. The van der Waals surface area contributed by atoms with E-state index in [-0.39, 0.29) is 12.5 Å². The average molecular weight is 352 g/mol. The summed E-state index contributed by atoms with van der Waals surface area (Å²) in [5, 5.41) is 4.60. The van der Waals surface area contributed by atoms with Gasteiger partial charge in [-0.15, -0.1) is 11.8 Å². The van der Waals surface area contributed by atoms with Crippen molar-refractivity contribution in [1.29, 1.82) is 0 Å². The van der Waals surface area contributed by atoms with Crippen molar-refractivity contribution in [3.05, 3.63) is 29.3 Å². The number of benzene rings is 1. The Morgan fingerprint density at radius 3 is 2.50 bits per heavy atom. The molecule has 1 aromatic rings. The number of thioether (sulfide) groups is 1. The minimum atomic E-state index is -0.650. The SMILES string of the molecule is Cc1ccc(SCCC(=O)OCC(=O)NC(=O)NC(C)C)cc1C. The zero-order chi connectivity index (χ0) is 18.1. The molecule has 0 saturated heterocycles. The van der Waals surface area contributed by atoms with E-state index in [1.165, 1.54) is 11.1 Å². The predicted octanol–water partition coefficient (Wildman–Crippen LogP) is 2.56. The van der Waals surface area contributed by atoms with Crippen molar-refractivity contribution in [2.45, 2.75) is 45.1 Å². The maximum absolute atomic E-state index is 11.6. The fourth-order valence-corrected chi connectivity index (χ4v) is 2.66. The number of esters is 1. The molecule has 0 radical (unpaired) electrons. The summed E-state index contributed by atoms with van der Waals surface area (Å²) >= 11 is 1.56. The van der Waals surface area contributed by atoms with Gasteiger partial charge in [-0.3, -0.25) is 14.9 Å². The van der Waals surface area contributed by atoms with E-state index in [4.69, 9.17) is 4.74 Å². The molecule has 24 heavy (non-hydrogen) atoms. The van der Waals surface area contributed by atoms with Crippen molar-refractivity contribution in [1.82, 2.24) is 10.6 Å². The van der Waals surface area contributed by atoms with E-state index in [2.05, 4.69) is 16.7 Å². The van der Waals surface area contributed by atoms with E-state index in [1.54, 1.807) is 25.6 Å². The number of hydrogen-bond donors (Lipinski definition) is 2. The molecule has 0 bridgehead atoms. The first kappa shape index (κ1) is 20.0. The van der Waals surface area contributed by atoms with Gasteiger partial charge in [-0.05, 0) is 51.0 Å². The second-order valence-electron chi connectivity index (χ2n) is 5.68. The normalized spacial score (nSPS) is 10.4. The van der Waals surface area contributed by atoms with Gasteiger partial charge in [0.25, 0.3) is 5.91 Å². The Hall–Kier alpha value is -2.02. The monoisotopic (exact) mass is 352 g/mol. The molecular formula is C17H24N2O4S. The topological polar surface area (TPSA) is 84.5 Å². The molecule has 0 saturated carbocycles. The molecule has 6 nitrogen and oxygen atoms in total. The Morgan fingerprint density at radius 1 is 1.17 bits per heavy atom. The van der Waals surface area contributed by atoms with Crippen LogP contribution in [0.4, 0.5) is 4.79 Å². The van der Waals surface area contributed by atoms with Crippen molar-refractivity contribution in [3.63, 3.8) is 0 Å². The lowest BCUT2D eigenvalue weighted by Crippen LogP contribution is -2.44. The molecule has 0 fully saturated rings. The van der Waals surface area contributed by atoms with E-state index in [9.17, 15) is 14.4 Å². The van der Waals surface area contributed by atoms with Crippen LogP contribution in [0.15, 0.2) is 23.1 Å². The van der Waals surface area contributed by atoms with Gasteiger partial charge in [0, 0.05) is 16.7 Å². The predicted molar refractivity (Wildman–Crippen MR) is 94.0 cm³/mol. The van der Waals surface area contributed by atoms with Gasteiger partial charge in [0.1, 0.15) is 0 Å². The van der Waals surface area contributed by atoms with Crippen molar-refractivity contribution in [3.8, 4) is 0 Å². The van der Waals surface area contributed by atoms with Crippen molar-refractivity contribution in [2.75, 3.05) is 12.4 Å². The molecule has 0 aromatic heterocycles. The minimum Gasteiger partial charge on any atom is -0.456 e. The molecule has 132 valence electrons. The van der Waals surface area contributed by atoms with Crippen LogP contribution in [-0.2, 0) is 14.3 Å². The van der Waals surface area contributed by atoms with Gasteiger partial charge in [0.2, 0.25) is 0 Å². The Kier molecular flexibility index (Phi) is 8.32. The molecule has 3 amide bonds. The van der Waals surface area contributed by atoms with E-state index in [1.807, 2.05) is 26.0 Å². The van der Waals surface area contributed by atoms with Crippen molar-refractivity contribution < 1.29 is 19.1 Å². The average Bonchev–Trinajstić information content (AvgIpc) is 2.48. The zero-order valence-electron chi connectivity index (χ0n) is 14.5. The van der Waals surface area contributed by atoms with Gasteiger partial charge < -0.3 is 10.1 Å². The van der Waals surface area contributed by atoms with E-state index >= 15 is 0 Å². The van der Waals surface area contributed by atoms with Crippen LogP contribution in [0.2, 0.25) is 0 Å². The highest BCUT2D eigenvalue weighted by Gasteiger charge is 2.11. The Labute approximate surface area is 146 Å². The molecule has 1 aromatic carbocycles. The van der Waals surface area contributed by atoms with E-state index in [0.29, 0.717) is 5.75 Å². The molecule has 7 heteroatoms. The van der Waals surface area contributed by atoms with Crippen molar-refractivity contribution in [2.24, 2.45) is 0 Å². The van der Waals surface area contributed by atoms with E-state index in [0.717, 1.165) is 4.90 Å². The van der Waals surface area contributed by atoms with Crippen LogP contribution in [0.3, 0.4) is 0 Å². The lowest BCUT2D eigenvalue weighted by molar-refractivity contribution is -0.147. The first-order valence-corrected chi connectivity index (χ1v) is 8.72. The summed E-state index contributed by atoms with van der Waals surface area (Å²) in [6.45, 7) is 7.18. The number of rotatable bonds is 7. The number of urea groups is 1. The number of ether oxygens (including phenoxy) is 1. The van der Waals surface area contributed by atoms with Crippen LogP contribution in [0.1, 0.15) is 31.4 Å². The van der Waals surface area contributed by atoms with Gasteiger partial charge in [-0.25, -0.2) is 4.79 Å². The number of aryl methyl sites for hydroxylation is 2. The molecule has 0 aliphatic carbocycles. The molecule has 0 atom stereocenters. The summed E-state index contributed by atoms with van der Waals surface area (Å²) in [7, 11) is 0. The number of hydrogen-bond acceptors (Lipinski definition) is 5. The first-order valence-electron chi connectivity index (χ1n) is 7.74. The van der Waals surface area contributed by atoms with Crippen LogP contribution in [-0.4, -0.2) is 36.3 Å². The highest BCUT2D eigenvalue weighted by Crippen LogP contribution is 2.21. The molecule has 0 spiro atoms. The second-order valence-corrected chi connectivity index (χ2v) is 6.85. The van der Waals surface area contributed by atoms with Crippen LogP contribution in [0.25, 0.3) is 0 Å². The zero-order valence-corrected chi connectivity index (χ0v) is 15.3. The third-order valence-corrected chi connectivity index (χ3v) is 4.09. The molecule has 0 unspecified atom stereocenters. The first-order chi connectivity index (χ1) is 11.3. The summed E-state index contributed by atoms with van der Waals surface area (Å²) in [4.78, 5) is 35.4. The highest BCUT2D eigenvalue weighted by molar-refractivity contribution is 7.99. The van der Waals surface area contributed by atoms with Gasteiger partial charge in [-0.1, -0.05) is 6.07 Å². The number of carbonyl (C=O) groups excluding carboxylic acids is 3. The number of imide groups is 1. The Morgan fingerprint density at radius 2 is 1.88 bits per heavy atom. The van der Waals surface area contributed by atoms with Gasteiger partial charge >= 0.3 is 12.0 Å². The molecule has 1 rings (SSSR count). The fourth-order valence-electron chi connectivity index (χ4n) is 1.74. The number of nitrogens with one attached hydrogen (secondary N) is 2. The summed E-state index contributed by atoms with van der Waals surface area (Å²) in [5.74, 6) is -0.550. The number of amides is 3. The van der Waals surface area contributed by atoms with Crippen molar-refractivity contribution >= 4 is 29.7 Å². The second kappa shape index (κ2) is 9.97. The quantitative estimate of drug-likeness (QED) is 0.582. The fraction of sp³-hybridized carbons (Fsp3) is 0.471. The summed E-state index contributed by atoms with van der Waals surface area (Å²) in [6.07, 6.45) is 0.197. The minimum absolute atomic E-state index is 0.0808. The largest absolute Gasteiger partial charge is 0.456 e. The summed E-state index contributed by atoms with van der Waals surface area (Å²) in [5.41, 5.74) is 2.44. The third kappa shape index (κ3) is 8.01. The van der Waals surface area contributed by atoms with Crippen LogP contribution in [0.5, 0.6) is 0 Å². The van der Waals surface area contributed by atoms with Gasteiger partial charge in [0.15, 0.2) is 6.61 Å². The smallest absolute Gasteiger partial charge is 0.321 e. The van der Waals surface area contributed by atoms with Gasteiger partial charge in [0.05, 0.1) is 6.42 Å². The summed E-state index contributed by atoms with van der Waals surface area (Å²) < 4.78 is 4.85. The Balaban J connectivity index is 2.23. The summed E-state index contributed by atoms with van der Waals surface area (Å²) in [6, 6.07) is 5.45. The standard InChI is InChI=1S/C17H24N2O4S/c1-11(2)18-17(22)19-15(20)10-23-16(21)7-8-24-14-6-5-12(3)13(4)9-14/h5-6,9,11H,7-8,10H2,1-4H3,(H2,18,19,20,22). The lowest BCUT2D eigenvalue weighted by atomic mass is 10.1. The lowest BCUT2D eigenvalue weighted by Gasteiger charge is -2.09. The van der Waals surface area contributed by atoms with Crippen LogP contribution in [0, 0.1) is 13.8 Å². The molecule has 0 heterocycles. The van der Waals surface area contributed by atoms with Gasteiger partial charge in [-0.2, -0.15) is 0 Å². The molecule has 0 aliphatic rings. The number of carbonyl (C=O) groups is 3. The maximum Gasteiger partial charge on any atom is 0.321 e. The van der Waals surface area contributed by atoms with Crippen LogP contribution >= 0.6 is 11.8 Å². The highest BCUT2D eigenvalue weighted by atomic mass is 32.2. The Bertz CT molecular complexity index is 602. The van der Waals surface area contributed by atoms with Crippen LogP contribution < -0.4 is 10.6 Å². The third-order valence-electron chi connectivity index (χ3n) is 3.09. The van der Waals surface area contributed by atoms with E-state index < -0.39 is 24.5 Å².